The molecule has 0 heterocycles. The van der Waals surface area contributed by atoms with Crippen LogP contribution in [0.15, 0.2) is 54.6 Å². The summed E-state index contributed by atoms with van der Waals surface area (Å²) >= 11 is 0. The lowest BCUT2D eigenvalue weighted by molar-refractivity contribution is -0.123. The molecule has 0 aliphatic heterocycles. The standard InChI is InChI=1S/C22H23NO3/c1-15-4-9-21(16(2)10-15)26-14-22(24)23-13-17-5-6-19-12-20(25-3)8-7-18(19)11-17/h4-12H,13-14H2,1-3H3,(H,23,24). The third-order valence-electron chi connectivity index (χ3n) is 4.29. The number of nitrogens with one attached hydrogen (secondary N) is 1. The van der Waals surface area contributed by atoms with Gasteiger partial charge in [-0.1, -0.05) is 35.9 Å². The molecule has 3 rings (SSSR count). The molecule has 0 unspecified atom stereocenters. The Balaban J connectivity index is 1.56. The topological polar surface area (TPSA) is 47.6 Å². The lowest BCUT2D eigenvalue weighted by Gasteiger charge is -2.11. The molecule has 1 amide bonds. The fourth-order valence-electron chi connectivity index (χ4n) is 2.87. The van der Waals surface area contributed by atoms with Crippen molar-refractivity contribution in [1.29, 1.82) is 0 Å². The third-order valence-corrected chi connectivity index (χ3v) is 4.29. The number of aryl methyl sites for hydroxylation is 2. The number of methoxy groups -OCH3 is 1. The van der Waals surface area contributed by atoms with Crippen molar-refractivity contribution in [3.8, 4) is 11.5 Å². The highest BCUT2D eigenvalue weighted by molar-refractivity contribution is 5.84. The van der Waals surface area contributed by atoms with E-state index in [1.54, 1.807) is 7.11 Å². The first-order valence-corrected chi connectivity index (χ1v) is 8.58. The zero-order chi connectivity index (χ0) is 18.5. The summed E-state index contributed by atoms with van der Waals surface area (Å²) in [5.74, 6) is 1.44. The number of fused-ring (bicyclic) bond motifs is 1. The molecule has 0 bridgehead atoms. The van der Waals surface area contributed by atoms with E-state index < -0.39 is 0 Å². The number of carbonyl (C=O) groups is 1. The van der Waals surface area contributed by atoms with E-state index in [9.17, 15) is 4.79 Å². The molecule has 4 heteroatoms. The molecule has 1 N–H and O–H groups in total. The third kappa shape index (κ3) is 4.33. The van der Waals surface area contributed by atoms with E-state index in [1.165, 1.54) is 5.56 Å². The summed E-state index contributed by atoms with van der Waals surface area (Å²) in [4.78, 5) is 12.1. The van der Waals surface area contributed by atoms with Crippen LogP contribution in [-0.4, -0.2) is 19.6 Å². The number of hydrogen-bond donors (Lipinski definition) is 1. The summed E-state index contributed by atoms with van der Waals surface area (Å²) in [6.45, 7) is 4.49. The molecule has 0 saturated carbocycles. The molecule has 134 valence electrons. The van der Waals surface area contributed by atoms with Crippen molar-refractivity contribution >= 4 is 16.7 Å². The van der Waals surface area contributed by atoms with Gasteiger partial charge in [0.2, 0.25) is 0 Å². The highest BCUT2D eigenvalue weighted by Crippen LogP contribution is 2.22. The van der Waals surface area contributed by atoms with Gasteiger partial charge in [0.05, 0.1) is 7.11 Å². The first-order chi connectivity index (χ1) is 12.5. The van der Waals surface area contributed by atoms with E-state index in [4.69, 9.17) is 9.47 Å². The molecule has 0 atom stereocenters. The lowest BCUT2D eigenvalue weighted by atomic mass is 10.1. The maximum absolute atomic E-state index is 12.1. The Morgan fingerprint density at radius 2 is 1.73 bits per heavy atom. The van der Waals surface area contributed by atoms with Gasteiger partial charge >= 0.3 is 0 Å². The van der Waals surface area contributed by atoms with Crippen molar-refractivity contribution in [1.82, 2.24) is 5.32 Å². The Hall–Kier alpha value is -3.01. The van der Waals surface area contributed by atoms with Gasteiger partial charge in [0.1, 0.15) is 11.5 Å². The number of rotatable bonds is 6. The number of hydrogen-bond acceptors (Lipinski definition) is 3. The van der Waals surface area contributed by atoms with Gasteiger partial charge in [-0.3, -0.25) is 4.79 Å². The van der Waals surface area contributed by atoms with Gasteiger partial charge in [-0.15, -0.1) is 0 Å². The van der Waals surface area contributed by atoms with Crippen LogP contribution < -0.4 is 14.8 Å². The summed E-state index contributed by atoms with van der Waals surface area (Å²) in [6.07, 6.45) is 0. The van der Waals surface area contributed by atoms with Gasteiger partial charge in [-0.05, 0) is 60.0 Å². The Morgan fingerprint density at radius 3 is 2.50 bits per heavy atom. The molecule has 4 nitrogen and oxygen atoms in total. The van der Waals surface area contributed by atoms with Gasteiger partial charge in [0.25, 0.3) is 5.91 Å². The molecular formula is C22H23NO3. The van der Waals surface area contributed by atoms with E-state index in [0.717, 1.165) is 33.4 Å². The van der Waals surface area contributed by atoms with Crippen LogP contribution in [0, 0.1) is 13.8 Å². The number of carbonyl (C=O) groups excluding carboxylic acids is 1. The van der Waals surface area contributed by atoms with Crippen LogP contribution in [0.3, 0.4) is 0 Å². The van der Waals surface area contributed by atoms with E-state index in [1.807, 2.05) is 62.4 Å². The molecule has 0 fully saturated rings. The fourth-order valence-corrected chi connectivity index (χ4v) is 2.87. The zero-order valence-corrected chi connectivity index (χ0v) is 15.3. The maximum atomic E-state index is 12.1. The molecule has 0 aliphatic rings. The van der Waals surface area contributed by atoms with Crippen molar-refractivity contribution in [3.63, 3.8) is 0 Å². The molecule has 3 aromatic carbocycles. The van der Waals surface area contributed by atoms with E-state index in [0.29, 0.717) is 6.54 Å². The summed E-state index contributed by atoms with van der Waals surface area (Å²) < 4.78 is 10.9. The highest BCUT2D eigenvalue weighted by Gasteiger charge is 2.06. The summed E-state index contributed by atoms with van der Waals surface area (Å²) in [6, 6.07) is 18.0. The number of benzene rings is 3. The van der Waals surface area contributed by atoms with E-state index in [2.05, 4.69) is 11.4 Å². The van der Waals surface area contributed by atoms with Crippen LogP contribution in [0.25, 0.3) is 10.8 Å². The molecule has 0 aromatic heterocycles. The maximum Gasteiger partial charge on any atom is 0.258 e. The van der Waals surface area contributed by atoms with Gasteiger partial charge in [0, 0.05) is 6.54 Å². The van der Waals surface area contributed by atoms with Gasteiger partial charge in [-0.25, -0.2) is 0 Å². The molecule has 26 heavy (non-hydrogen) atoms. The quantitative estimate of drug-likeness (QED) is 0.727. The number of amides is 1. The number of ether oxygens (including phenoxy) is 2. The molecule has 0 spiro atoms. The first-order valence-electron chi connectivity index (χ1n) is 8.58. The Bertz CT molecular complexity index is 934. The average molecular weight is 349 g/mol. The second-order valence-corrected chi connectivity index (χ2v) is 6.38. The fraction of sp³-hybridized carbons (Fsp3) is 0.227. The van der Waals surface area contributed by atoms with Gasteiger partial charge in [0.15, 0.2) is 6.61 Å². The molecule has 0 saturated heterocycles. The van der Waals surface area contributed by atoms with Crippen LogP contribution in [-0.2, 0) is 11.3 Å². The summed E-state index contributed by atoms with van der Waals surface area (Å²) in [5, 5.41) is 5.12. The minimum Gasteiger partial charge on any atom is -0.497 e. The molecule has 0 aliphatic carbocycles. The lowest BCUT2D eigenvalue weighted by Crippen LogP contribution is -2.28. The van der Waals surface area contributed by atoms with Gasteiger partial charge in [-0.2, -0.15) is 0 Å². The van der Waals surface area contributed by atoms with Crippen LogP contribution in [0.1, 0.15) is 16.7 Å². The second kappa shape index (κ2) is 7.91. The normalized spacial score (nSPS) is 10.6. The van der Waals surface area contributed by atoms with Gasteiger partial charge < -0.3 is 14.8 Å². The molecule has 3 aromatic rings. The van der Waals surface area contributed by atoms with Crippen molar-refractivity contribution < 1.29 is 14.3 Å². The minimum absolute atomic E-state index is 0.00861. The summed E-state index contributed by atoms with van der Waals surface area (Å²) in [7, 11) is 1.66. The first kappa shape index (κ1) is 17.8. The predicted octanol–water partition coefficient (Wildman–Crippen LogP) is 4.16. The van der Waals surface area contributed by atoms with Crippen molar-refractivity contribution in [3.05, 3.63) is 71.3 Å². The van der Waals surface area contributed by atoms with Crippen LogP contribution >= 0.6 is 0 Å². The highest BCUT2D eigenvalue weighted by atomic mass is 16.5. The second-order valence-electron chi connectivity index (χ2n) is 6.38. The van der Waals surface area contributed by atoms with Crippen molar-refractivity contribution in [2.24, 2.45) is 0 Å². The Kier molecular flexibility index (Phi) is 5.42. The Labute approximate surface area is 153 Å². The van der Waals surface area contributed by atoms with E-state index >= 15 is 0 Å². The smallest absolute Gasteiger partial charge is 0.258 e. The molecule has 0 radical (unpaired) electrons. The zero-order valence-electron chi connectivity index (χ0n) is 15.3. The van der Waals surface area contributed by atoms with Crippen LogP contribution in [0.2, 0.25) is 0 Å². The largest absolute Gasteiger partial charge is 0.497 e. The SMILES string of the molecule is COc1ccc2cc(CNC(=O)COc3ccc(C)cc3C)ccc2c1. The van der Waals surface area contributed by atoms with Crippen molar-refractivity contribution in [2.75, 3.05) is 13.7 Å². The average Bonchev–Trinajstić information content (AvgIpc) is 2.65. The van der Waals surface area contributed by atoms with Crippen LogP contribution in [0.4, 0.5) is 0 Å². The van der Waals surface area contributed by atoms with E-state index in [-0.39, 0.29) is 12.5 Å². The molecular weight excluding hydrogens is 326 g/mol. The summed E-state index contributed by atoms with van der Waals surface area (Å²) in [5.41, 5.74) is 3.25. The van der Waals surface area contributed by atoms with Crippen LogP contribution in [0.5, 0.6) is 11.5 Å². The Morgan fingerprint density at radius 1 is 0.962 bits per heavy atom. The minimum atomic E-state index is -0.139. The predicted molar refractivity (Wildman–Crippen MR) is 104 cm³/mol. The van der Waals surface area contributed by atoms with Crippen molar-refractivity contribution in [2.45, 2.75) is 20.4 Å². The monoisotopic (exact) mass is 349 g/mol.